The molecule has 2 atom stereocenters. The third-order valence-electron chi connectivity index (χ3n) is 5.00. The van der Waals surface area contributed by atoms with E-state index >= 15 is 0 Å². The molecule has 2 aromatic carbocycles. The minimum absolute atomic E-state index is 0.381. The smallest absolute Gasteiger partial charge is 0.0478 e. The summed E-state index contributed by atoms with van der Waals surface area (Å²) in [5.74, 6) is 0. The number of aryl methyl sites for hydroxylation is 1. The zero-order valence-corrected chi connectivity index (χ0v) is 16.6. The summed E-state index contributed by atoms with van der Waals surface area (Å²) >= 11 is 3.59. The SMILES string of the molecule is CS(=N)c1ccc(CNC2CCCc3c2[nH]c2ccc(Br)cc32)cc1. The molecule has 130 valence electrons. The summed E-state index contributed by atoms with van der Waals surface area (Å²) < 4.78 is 8.95. The molecule has 0 amide bonds. The van der Waals surface area contributed by atoms with Gasteiger partial charge in [0.2, 0.25) is 0 Å². The van der Waals surface area contributed by atoms with Crippen LogP contribution in [0, 0.1) is 4.78 Å². The Hall–Kier alpha value is -1.43. The zero-order chi connectivity index (χ0) is 17.4. The number of aromatic nitrogens is 1. The van der Waals surface area contributed by atoms with Crippen LogP contribution in [0.1, 0.15) is 35.7 Å². The van der Waals surface area contributed by atoms with Gasteiger partial charge in [-0.3, -0.25) is 4.78 Å². The average Bonchev–Trinajstić information content (AvgIpc) is 2.99. The van der Waals surface area contributed by atoms with Gasteiger partial charge in [-0.15, -0.1) is 0 Å². The van der Waals surface area contributed by atoms with Crippen LogP contribution in [0.15, 0.2) is 51.8 Å². The van der Waals surface area contributed by atoms with Gasteiger partial charge in [-0.2, -0.15) is 0 Å². The molecule has 25 heavy (non-hydrogen) atoms. The molecule has 2 unspecified atom stereocenters. The number of halogens is 1. The molecule has 1 aromatic heterocycles. The zero-order valence-electron chi connectivity index (χ0n) is 14.2. The highest BCUT2D eigenvalue weighted by Gasteiger charge is 2.23. The van der Waals surface area contributed by atoms with Crippen molar-refractivity contribution < 1.29 is 0 Å². The lowest BCUT2D eigenvalue weighted by molar-refractivity contribution is 0.452. The number of fused-ring (bicyclic) bond motifs is 3. The van der Waals surface area contributed by atoms with Gasteiger partial charge in [0.05, 0.1) is 0 Å². The lowest BCUT2D eigenvalue weighted by atomic mass is 9.91. The molecule has 4 rings (SSSR count). The van der Waals surface area contributed by atoms with Crippen LogP contribution >= 0.6 is 15.9 Å². The lowest BCUT2D eigenvalue weighted by Gasteiger charge is -2.24. The maximum Gasteiger partial charge on any atom is 0.0478 e. The summed E-state index contributed by atoms with van der Waals surface area (Å²) in [5.41, 5.74) is 5.34. The van der Waals surface area contributed by atoms with Crippen molar-refractivity contribution in [1.29, 1.82) is 4.78 Å². The number of benzene rings is 2. The summed E-state index contributed by atoms with van der Waals surface area (Å²) in [4.78, 5) is 4.75. The third-order valence-corrected chi connectivity index (χ3v) is 6.47. The summed E-state index contributed by atoms with van der Waals surface area (Å²) in [7, 11) is -0.416. The van der Waals surface area contributed by atoms with E-state index in [1.54, 1.807) is 0 Å². The highest BCUT2D eigenvalue weighted by molar-refractivity contribution is 9.10. The van der Waals surface area contributed by atoms with Crippen LogP contribution in [0.5, 0.6) is 0 Å². The second kappa shape index (κ2) is 7.06. The Balaban J connectivity index is 1.55. The topological polar surface area (TPSA) is 51.7 Å². The van der Waals surface area contributed by atoms with Crippen molar-refractivity contribution in [1.82, 2.24) is 10.3 Å². The van der Waals surface area contributed by atoms with Crippen molar-refractivity contribution in [2.75, 3.05) is 6.26 Å². The fourth-order valence-corrected chi connectivity index (χ4v) is 4.60. The Morgan fingerprint density at radius 1 is 1.24 bits per heavy atom. The van der Waals surface area contributed by atoms with Gasteiger partial charge in [0.25, 0.3) is 0 Å². The van der Waals surface area contributed by atoms with E-state index in [0.29, 0.717) is 6.04 Å². The van der Waals surface area contributed by atoms with Gasteiger partial charge < -0.3 is 10.3 Å². The van der Waals surface area contributed by atoms with Crippen LogP contribution in [0.4, 0.5) is 0 Å². The fourth-order valence-electron chi connectivity index (χ4n) is 3.69. The number of hydrogen-bond donors (Lipinski definition) is 3. The van der Waals surface area contributed by atoms with Gasteiger partial charge in [0, 0.05) is 38.6 Å². The lowest BCUT2D eigenvalue weighted by Crippen LogP contribution is -2.24. The van der Waals surface area contributed by atoms with Crippen molar-refractivity contribution in [3.63, 3.8) is 0 Å². The predicted molar refractivity (Wildman–Crippen MR) is 109 cm³/mol. The molecule has 1 heterocycles. The van der Waals surface area contributed by atoms with Crippen molar-refractivity contribution in [3.05, 3.63) is 63.8 Å². The van der Waals surface area contributed by atoms with Crippen LogP contribution in [0.25, 0.3) is 10.9 Å². The largest absolute Gasteiger partial charge is 0.357 e. The second-order valence-electron chi connectivity index (χ2n) is 6.69. The minimum atomic E-state index is -0.416. The van der Waals surface area contributed by atoms with E-state index in [1.807, 2.05) is 6.26 Å². The average molecular weight is 416 g/mol. The third kappa shape index (κ3) is 3.46. The maximum absolute atomic E-state index is 7.81. The van der Waals surface area contributed by atoms with E-state index in [9.17, 15) is 0 Å². The van der Waals surface area contributed by atoms with Crippen LogP contribution in [0.3, 0.4) is 0 Å². The Morgan fingerprint density at radius 3 is 2.80 bits per heavy atom. The van der Waals surface area contributed by atoms with E-state index < -0.39 is 10.7 Å². The van der Waals surface area contributed by atoms with E-state index in [1.165, 1.54) is 40.6 Å². The number of rotatable bonds is 4. The van der Waals surface area contributed by atoms with Gasteiger partial charge in [0.15, 0.2) is 0 Å². The van der Waals surface area contributed by atoms with Crippen molar-refractivity contribution in [2.24, 2.45) is 0 Å². The van der Waals surface area contributed by atoms with Gasteiger partial charge in [-0.05, 0) is 67.0 Å². The van der Waals surface area contributed by atoms with Gasteiger partial charge >= 0.3 is 0 Å². The Morgan fingerprint density at radius 2 is 2.04 bits per heavy atom. The fraction of sp³-hybridized carbons (Fsp3) is 0.300. The first-order valence-corrected chi connectivity index (χ1v) is 11.0. The molecule has 5 heteroatoms. The highest BCUT2D eigenvalue weighted by atomic mass is 79.9. The Kier molecular flexibility index (Phi) is 4.80. The molecule has 3 nitrogen and oxygen atoms in total. The summed E-state index contributed by atoms with van der Waals surface area (Å²) in [6, 6.07) is 15.3. The number of H-pyrrole nitrogens is 1. The Bertz CT molecular complexity index is 930. The monoisotopic (exact) mass is 415 g/mol. The molecule has 0 spiro atoms. The van der Waals surface area contributed by atoms with Crippen LogP contribution in [0.2, 0.25) is 0 Å². The first-order valence-electron chi connectivity index (χ1n) is 8.61. The first kappa shape index (κ1) is 17.0. The molecule has 0 fully saturated rings. The number of hydrogen-bond acceptors (Lipinski definition) is 2. The standard InChI is InChI=1S/C20H22BrN3S/c1-25(22)15-8-5-13(6-9-15)12-23-19-4-2-3-16-17-11-14(21)7-10-18(17)24-20(16)19/h5-11,19,22-24H,2-4,12H2,1H3. The molecule has 1 aliphatic carbocycles. The van der Waals surface area contributed by atoms with Crippen LogP contribution in [-0.4, -0.2) is 11.2 Å². The van der Waals surface area contributed by atoms with Gasteiger partial charge in [-0.1, -0.05) is 38.8 Å². The summed E-state index contributed by atoms with van der Waals surface area (Å²) in [6.45, 7) is 0.860. The molecule has 3 N–H and O–H groups in total. The Labute approximate surface area is 159 Å². The number of nitrogens with one attached hydrogen (secondary N) is 3. The predicted octanol–water partition coefficient (Wildman–Crippen LogP) is 5.47. The minimum Gasteiger partial charge on any atom is -0.357 e. The molecule has 0 saturated heterocycles. The van der Waals surface area contributed by atoms with E-state index in [2.05, 4.69) is 68.7 Å². The molecule has 0 radical (unpaired) electrons. The van der Waals surface area contributed by atoms with Gasteiger partial charge in [-0.25, -0.2) is 0 Å². The maximum atomic E-state index is 7.81. The van der Waals surface area contributed by atoms with Crippen molar-refractivity contribution in [2.45, 2.75) is 36.7 Å². The highest BCUT2D eigenvalue weighted by Crippen LogP contribution is 2.35. The molecule has 0 saturated carbocycles. The van der Waals surface area contributed by atoms with Crippen LogP contribution < -0.4 is 5.32 Å². The summed E-state index contributed by atoms with van der Waals surface area (Å²) in [5, 5.41) is 5.08. The molecule has 0 aliphatic heterocycles. The van der Waals surface area contributed by atoms with Crippen LogP contribution in [-0.2, 0) is 23.7 Å². The van der Waals surface area contributed by atoms with Gasteiger partial charge in [0.1, 0.15) is 0 Å². The van der Waals surface area contributed by atoms with E-state index in [4.69, 9.17) is 4.78 Å². The summed E-state index contributed by atoms with van der Waals surface area (Å²) in [6.07, 6.45) is 5.48. The molecule has 0 bridgehead atoms. The van der Waals surface area contributed by atoms with E-state index in [-0.39, 0.29) is 0 Å². The number of aromatic amines is 1. The first-order chi connectivity index (χ1) is 12.1. The molecular weight excluding hydrogens is 394 g/mol. The molecular formula is C20H22BrN3S. The normalized spacial score (nSPS) is 18.2. The van der Waals surface area contributed by atoms with Crippen molar-refractivity contribution in [3.8, 4) is 0 Å². The molecule has 3 aromatic rings. The second-order valence-corrected chi connectivity index (χ2v) is 9.09. The quantitative estimate of drug-likeness (QED) is 0.519. The molecule has 1 aliphatic rings. The van der Waals surface area contributed by atoms with E-state index in [0.717, 1.165) is 22.3 Å². The van der Waals surface area contributed by atoms with Crippen molar-refractivity contribution >= 4 is 37.5 Å².